The third kappa shape index (κ3) is 4.56. The van der Waals surface area contributed by atoms with Crippen molar-refractivity contribution in [2.24, 2.45) is 0 Å². The molecule has 4 nitrogen and oxygen atoms in total. The molecule has 0 aliphatic heterocycles. The molecule has 0 saturated carbocycles. The van der Waals surface area contributed by atoms with Crippen molar-refractivity contribution in [2.45, 2.75) is 6.54 Å². The Balaban J connectivity index is 1.92. The number of thiophene rings is 1. The lowest BCUT2D eigenvalue weighted by molar-refractivity contribution is -0.119. The largest absolute Gasteiger partial charge is 0.399 e. The molecule has 0 aliphatic carbocycles. The van der Waals surface area contributed by atoms with E-state index in [1.54, 1.807) is 35.4 Å². The average molecular weight is 368 g/mol. The van der Waals surface area contributed by atoms with E-state index in [4.69, 9.17) is 5.73 Å². The van der Waals surface area contributed by atoms with Crippen LogP contribution in [0, 0.1) is 0 Å². The van der Waals surface area contributed by atoms with Crippen LogP contribution in [0.1, 0.15) is 5.56 Å². The first kappa shape index (κ1) is 16.0. The number of carbonyl (C=O) groups excluding carboxylic acids is 1. The summed E-state index contributed by atoms with van der Waals surface area (Å²) in [6.45, 7) is 1.12. The van der Waals surface area contributed by atoms with Crippen LogP contribution in [-0.4, -0.2) is 31.4 Å². The quantitative estimate of drug-likeness (QED) is 0.825. The van der Waals surface area contributed by atoms with Crippen molar-refractivity contribution in [3.05, 3.63) is 45.1 Å². The van der Waals surface area contributed by atoms with E-state index in [1.165, 1.54) is 5.56 Å². The Bertz CT molecular complexity index is 612. The van der Waals surface area contributed by atoms with Crippen LogP contribution in [0.3, 0.4) is 0 Å². The maximum atomic E-state index is 12.3. The number of nitrogens with zero attached hydrogens (tertiary/aromatic N) is 2. The average Bonchev–Trinajstić information content (AvgIpc) is 2.83. The highest BCUT2D eigenvalue weighted by atomic mass is 79.9. The smallest absolute Gasteiger partial charge is 0.240 e. The molecule has 1 aromatic carbocycles. The zero-order valence-electron chi connectivity index (χ0n) is 12.0. The zero-order valence-corrected chi connectivity index (χ0v) is 14.4. The van der Waals surface area contributed by atoms with Crippen molar-refractivity contribution in [3.63, 3.8) is 0 Å². The fourth-order valence-corrected chi connectivity index (χ4v) is 3.18. The molecule has 1 amide bonds. The third-order valence-electron chi connectivity index (χ3n) is 3.13. The maximum Gasteiger partial charge on any atom is 0.240 e. The van der Waals surface area contributed by atoms with Crippen molar-refractivity contribution in [1.29, 1.82) is 0 Å². The summed E-state index contributed by atoms with van der Waals surface area (Å²) in [6, 6.07) is 9.37. The van der Waals surface area contributed by atoms with Gasteiger partial charge in [0.25, 0.3) is 0 Å². The zero-order chi connectivity index (χ0) is 15.4. The normalized spacial score (nSPS) is 10.9. The number of rotatable bonds is 5. The highest BCUT2D eigenvalue weighted by Crippen LogP contribution is 2.21. The number of hydrogen-bond acceptors (Lipinski definition) is 4. The first-order valence-electron chi connectivity index (χ1n) is 6.49. The van der Waals surface area contributed by atoms with Gasteiger partial charge in [0.05, 0.1) is 10.3 Å². The molecule has 0 radical (unpaired) electrons. The molecule has 0 bridgehead atoms. The minimum Gasteiger partial charge on any atom is -0.399 e. The van der Waals surface area contributed by atoms with Gasteiger partial charge >= 0.3 is 0 Å². The summed E-state index contributed by atoms with van der Waals surface area (Å²) in [5.41, 5.74) is 8.41. The van der Waals surface area contributed by atoms with Crippen molar-refractivity contribution >= 4 is 44.5 Å². The second-order valence-corrected chi connectivity index (χ2v) is 7.27. The Morgan fingerprint density at radius 2 is 1.95 bits per heavy atom. The van der Waals surface area contributed by atoms with E-state index in [2.05, 4.69) is 27.4 Å². The number of benzene rings is 1. The molecular weight excluding hydrogens is 350 g/mol. The minimum atomic E-state index is 0.0524. The molecule has 2 rings (SSSR count). The lowest BCUT2D eigenvalue weighted by Gasteiger charge is -2.21. The van der Waals surface area contributed by atoms with Gasteiger partial charge in [0.1, 0.15) is 0 Å². The molecule has 6 heteroatoms. The number of anilines is 2. The summed E-state index contributed by atoms with van der Waals surface area (Å²) in [6.07, 6.45) is 0. The summed E-state index contributed by atoms with van der Waals surface area (Å²) in [7, 11) is 3.73. The van der Waals surface area contributed by atoms with Crippen molar-refractivity contribution in [2.75, 3.05) is 31.3 Å². The first-order valence-corrected chi connectivity index (χ1v) is 8.16. The van der Waals surface area contributed by atoms with Gasteiger partial charge in [0, 0.05) is 25.0 Å². The second-order valence-electron chi connectivity index (χ2n) is 4.98. The molecule has 0 atom stereocenters. The van der Waals surface area contributed by atoms with Crippen LogP contribution in [0.4, 0.5) is 11.4 Å². The van der Waals surface area contributed by atoms with Gasteiger partial charge in [-0.05, 0) is 64.3 Å². The van der Waals surface area contributed by atoms with E-state index in [-0.39, 0.29) is 5.91 Å². The molecule has 0 aliphatic rings. The van der Waals surface area contributed by atoms with E-state index >= 15 is 0 Å². The first-order chi connectivity index (χ1) is 9.95. The summed E-state index contributed by atoms with van der Waals surface area (Å²) in [4.78, 5) is 15.9. The number of nitrogens with two attached hydrogens (primary N) is 1. The van der Waals surface area contributed by atoms with Gasteiger partial charge in [0.2, 0.25) is 5.91 Å². The summed E-state index contributed by atoms with van der Waals surface area (Å²) in [5, 5.41) is 2.09. The molecule has 0 unspecified atom stereocenters. The fourth-order valence-electron chi connectivity index (χ4n) is 1.98. The van der Waals surface area contributed by atoms with E-state index in [0.29, 0.717) is 12.2 Å². The summed E-state index contributed by atoms with van der Waals surface area (Å²) < 4.78 is 1.11. The van der Waals surface area contributed by atoms with Crippen LogP contribution in [0.2, 0.25) is 0 Å². The Labute approximate surface area is 137 Å². The van der Waals surface area contributed by atoms with Gasteiger partial charge in [-0.2, -0.15) is 0 Å². The molecule has 1 aromatic heterocycles. The SMILES string of the molecule is CN(CC(=O)N(C)c1ccc(N)cc1)Cc1csc(Br)c1. The summed E-state index contributed by atoms with van der Waals surface area (Å²) in [5.74, 6) is 0.0524. The molecule has 0 spiro atoms. The lowest BCUT2D eigenvalue weighted by atomic mass is 10.2. The predicted molar refractivity (Wildman–Crippen MR) is 92.6 cm³/mol. The molecule has 0 saturated heterocycles. The molecule has 2 N–H and O–H groups in total. The number of amides is 1. The highest BCUT2D eigenvalue weighted by Gasteiger charge is 2.14. The van der Waals surface area contributed by atoms with E-state index in [1.807, 2.05) is 24.1 Å². The molecule has 2 aromatic rings. The Morgan fingerprint density at radius 1 is 1.29 bits per heavy atom. The van der Waals surface area contributed by atoms with E-state index in [0.717, 1.165) is 16.0 Å². The minimum absolute atomic E-state index is 0.0524. The van der Waals surface area contributed by atoms with E-state index < -0.39 is 0 Å². The molecular formula is C15H18BrN3OS. The second kappa shape index (κ2) is 7.06. The fraction of sp³-hybridized carbons (Fsp3) is 0.267. The van der Waals surface area contributed by atoms with Crippen molar-refractivity contribution < 1.29 is 4.79 Å². The van der Waals surface area contributed by atoms with Crippen molar-refractivity contribution in [3.8, 4) is 0 Å². The highest BCUT2D eigenvalue weighted by molar-refractivity contribution is 9.11. The molecule has 21 heavy (non-hydrogen) atoms. The third-order valence-corrected chi connectivity index (χ3v) is 4.69. The monoisotopic (exact) mass is 367 g/mol. The number of halogens is 1. The van der Waals surface area contributed by atoms with Crippen LogP contribution in [0.25, 0.3) is 0 Å². The van der Waals surface area contributed by atoms with Crippen LogP contribution < -0.4 is 10.6 Å². The standard InChI is InChI=1S/C15H18BrN3OS/c1-18(8-11-7-14(16)21-10-11)9-15(20)19(2)13-5-3-12(17)4-6-13/h3-7,10H,8-9,17H2,1-2H3. The van der Waals surface area contributed by atoms with E-state index in [9.17, 15) is 4.79 Å². The van der Waals surface area contributed by atoms with Crippen LogP contribution in [0.15, 0.2) is 39.5 Å². The van der Waals surface area contributed by atoms with Gasteiger partial charge in [-0.3, -0.25) is 9.69 Å². The van der Waals surface area contributed by atoms with Crippen LogP contribution in [-0.2, 0) is 11.3 Å². The van der Waals surface area contributed by atoms with Gasteiger partial charge in [0.15, 0.2) is 0 Å². The molecule has 112 valence electrons. The van der Waals surface area contributed by atoms with Gasteiger partial charge in [-0.15, -0.1) is 11.3 Å². The Morgan fingerprint density at radius 3 is 2.52 bits per heavy atom. The van der Waals surface area contributed by atoms with Gasteiger partial charge in [-0.1, -0.05) is 0 Å². The molecule has 0 fully saturated rings. The van der Waals surface area contributed by atoms with Crippen LogP contribution >= 0.6 is 27.3 Å². The van der Waals surface area contributed by atoms with Gasteiger partial charge in [-0.25, -0.2) is 0 Å². The molecule has 1 heterocycles. The summed E-state index contributed by atoms with van der Waals surface area (Å²) >= 11 is 5.10. The maximum absolute atomic E-state index is 12.3. The number of likely N-dealkylation sites (N-methyl/N-ethyl adjacent to an activating group) is 2. The van der Waals surface area contributed by atoms with Crippen LogP contribution in [0.5, 0.6) is 0 Å². The lowest BCUT2D eigenvalue weighted by Crippen LogP contribution is -2.36. The number of carbonyl (C=O) groups is 1. The van der Waals surface area contributed by atoms with Crippen molar-refractivity contribution in [1.82, 2.24) is 4.90 Å². The Hall–Kier alpha value is -1.37. The topological polar surface area (TPSA) is 49.6 Å². The number of hydrogen-bond donors (Lipinski definition) is 1. The Kier molecular flexibility index (Phi) is 5.39. The van der Waals surface area contributed by atoms with Gasteiger partial charge < -0.3 is 10.6 Å². The predicted octanol–water partition coefficient (Wildman–Crippen LogP) is 3.19. The number of nitrogen functional groups attached to an aromatic ring is 1.